The average molecular weight is 289 g/mol. The van der Waals surface area contributed by atoms with Crippen LogP contribution in [-0.2, 0) is 9.59 Å². The smallest absolute Gasteiger partial charge is 0.311 e. The Morgan fingerprint density at radius 3 is 2.52 bits per heavy atom. The number of aromatic hydroxyl groups is 1. The third-order valence-electron chi connectivity index (χ3n) is 4.11. The maximum atomic E-state index is 12.1. The molecule has 0 spiro atoms. The first-order valence-corrected chi connectivity index (χ1v) is 6.96. The molecule has 0 aromatic heterocycles. The Balaban J connectivity index is 2.02. The minimum atomic E-state index is -0.831. The number of carbonyl (C=O) groups excluding carboxylic acids is 1. The van der Waals surface area contributed by atoms with Gasteiger partial charge in [-0.2, -0.15) is 0 Å². The minimum absolute atomic E-state index is 0.173. The van der Waals surface area contributed by atoms with Crippen LogP contribution in [0.3, 0.4) is 0 Å². The Labute approximate surface area is 123 Å². The first kappa shape index (κ1) is 15.1. The number of nitrogens with zero attached hydrogens (tertiary/aromatic N) is 1. The second kappa shape index (κ2) is 5.99. The number of aliphatic carboxylic acids is 1. The number of carboxylic acid groups (broad SMARTS) is 1. The molecule has 1 fully saturated rings. The van der Waals surface area contributed by atoms with Gasteiger partial charge in [-0.25, -0.2) is 0 Å². The number of phenolic OH excluding ortho intramolecular Hbond substituents is 1. The third kappa shape index (κ3) is 3.24. The van der Waals surface area contributed by atoms with Crippen LogP contribution in [0, 0.1) is 5.41 Å². The first-order valence-electron chi connectivity index (χ1n) is 6.96. The van der Waals surface area contributed by atoms with E-state index in [1.54, 1.807) is 35.2 Å². The van der Waals surface area contributed by atoms with Gasteiger partial charge in [0.15, 0.2) is 0 Å². The van der Waals surface area contributed by atoms with Gasteiger partial charge in [-0.3, -0.25) is 9.59 Å². The van der Waals surface area contributed by atoms with Gasteiger partial charge in [0.05, 0.1) is 5.41 Å². The quantitative estimate of drug-likeness (QED) is 0.832. The molecule has 5 heteroatoms. The van der Waals surface area contributed by atoms with Crippen molar-refractivity contribution in [3.63, 3.8) is 0 Å². The number of hydrogen-bond acceptors (Lipinski definition) is 3. The maximum Gasteiger partial charge on any atom is 0.311 e. The zero-order valence-corrected chi connectivity index (χ0v) is 12.0. The lowest BCUT2D eigenvalue weighted by Gasteiger charge is -2.22. The van der Waals surface area contributed by atoms with Crippen molar-refractivity contribution in [1.29, 1.82) is 0 Å². The van der Waals surface area contributed by atoms with E-state index < -0.39 is 11.4 Å². The van der Waals surface area contributed by atoms with E-state index in [0.29, 0.717) is 19.4 Å². The summed E-state index contributed by atoms with van der Waals surface area (Å²) in [6.45, 7) is 2.57. The Hall–Kier alpha value is -2.30. The molecule has 1 atom stereocenters. The van der Waals surface area contributed by atoms with Crippen molar-refractivity contribution in [3.8, 4) is 5.75 Å². The lowest BCUT2D eigenvalue weighted by atomic mass is 9.84. The van der Waals surface area contributed by atoms with Crippen LogP contribution in [0.2, 0.25) is 0 Å². The van der Waals surface area contributed by atoms with E-state index in [1.807, 2.05) is 6.92 Å². The molecular weight excluding hydrogens is 270 g/mol. The second-order valence-electron chi connectivity index (χ2n) is 5.37. The highest BCUT2D eigenvalue weighted by molar-refractivity contribution is 5.92. The highest BCUT2D eigenvalue weighted by Gasteiger charge is 2.44. The molecule has 1 aliphatic rings. The molecule has 21 heavy (non-hydrogen) atoms. The molecule has 0 radical (unpaired) electrons. The van der Waals surface area contributed by atoms with E-state index in [0.717, 1.165) is 5.56 Å². The van der Waals surface area contributed by atoms with E-state index in [1.165, 1.54) is 6.08 Å². The number of carbonyl (C=O) groups is 2. The Morgan fingerprint density at radius 2 is 2.00 bits per heavy atom. The van der Waals surface area contributed by atoms with E-state index in [4.69, 9.17) is 0 Å². The Bertz CT molecular complexity index is 564. The van der Waals surface area contributed by atoms with Crippen molar-refractivity contribution in [1.82, 2.24) is 4.90 Å². The lowest BCUT2D eigenvalue weighted by Crippen LogP contribution is -2.35. The monoisotopic (exact) mass is 289 g/mol. The summed E-state index contributed by atoms with van der Waals surface area (Å²) in [6, 6.07) is 6.51. The topological polar surface area (TPSA) is 77.8 Å². The van der Waals surface area contributed by atoms with Gasteiger partial charge in [-0.15, -0.1) is 0 Å². The summed E-state index contributed by atoms with van der Waals surface area (Å²) in [6.07, 6.45) is 4.12. The average Bonchev–Trinajstić information content (AvgIpc) is 2.92. The molecule has 2 N–H and O–H groups in total. The number of carboxylic acids is 1. The van der Waals surface area contributed by atoms with Crippen LogP contribution < -0.4 is 0 Å². The summed E-state index contributed by atoms with van der Waals surface area (Å²) in [5.41, 5.74) is 0.00233. The van der Waals surface area contributed by atoms with Gasteiger partial charge in [0.25, 0.3) is 0 Å². The van der Waals surface area contributed by atoms with Crippen LogP contribution in [0.4, 0.5) is 0 Å². The van der Waals surface area contributed by atoms with Gasteiger partial charge >= 0.3 is 5.97 Å². The molecule has 1 saturated heterocycles. The Morgan fingerprint density at radius 1 is 1.33 bits per heavy atom. The largest absolute Gasteiger partial charge is 0.508 e. The van der Waals surface area contributed by atoms with E-state index in [-0.39, 0.29) is 18.2 Å². The first-order chi connectivity index (χ1) is 9.97. The molecule has 0 bridgehead atoms. The predicted molar refractivity (Wildman–Crippen MR) is 78.7 cm³/mol. The van der Waals surface area contributed by atoms with Crippen LogP contribution in [0.15, 0.2) is 30.3 Å². The number of rotatable bonds is 4. The highest BCUT2D eigenvalue weighted by atomic mass is 16.4. The van der Waals surface area contributed by atoms with Gasteiger partial charge in [0.2, 0.25) is 5.91 Å². The van der Waals surface area contributed by atoms with Gasteiger partial charge < -0.3 is 15.1 Å². The maximum absolute atomic E-state index is 12.1. The predicted octanol–water partition coefficient (Wildman–Crippen LogP) is 2.12. The summed E-state index contributed by atoms with van der Waals surface area (Å²) in [7, 11) is 0. The molecule has 1 aromatic carbocycles. The molecule has 0 saturated carbocycles. The molecule has 1 aliphatic heterocycles. The van der Waals surface area contributed by atoms with Gasteiger partial charge in [0, 0.05) is 19.2 Å². The van der Waals surface area contributed by atoms with Crippen molar-refractivity contribution < 1.29 is 19.8 Å². The van der Waals surface area contributed by atoms with Crippen LogP contribution >= 0.6 is 0 Å². The fraction of sp³-hybridized carbons (Fsp3) is 0.375. The van der Waals surface area contributed by atoms with Crippen molar-refractivity contribution in [3.05, 3.63) is 35.9 Å². The zero-order valence-electron chi connectivity index (χ0n) is 12.0. The molecule has 1 unspecified atom stereocenters. The van der Waals surface area contributed by atoms with Gasteiger partial charge in [-0.1, -0.05) is 19.1 Å². The fourth-order valence-electron chi connectivity index (χ4n) is 2.53. The van der Waals surface area contributed by atoms with Gasteiger partial charge in [-0.05, 0) is 36.6 Å². The summed E-state index contributed by atoms with van der Waals surface area (Å²) < 4.78 is 0. The zero-order chi connectivity index (χ0) is 15.5. The molecule has 2 rings (SSSR count). The van der Waals surface area contributed by atoms with Crippen molar-refractivity contribution in [2.75, 3.05) is 13.1 Å². The third-order valence-corrected chi connectivity index (χ3v) is 4.11. The second-order valence-corrected chi connectivity index (χ2v) is 5.37. The van der Waals surface area contributed by atoms with E-state index in [9.17, 15) is 19.8 Å². The lowest BCUT2D eigenvalue weighted by molar-refractivity contribution is -0.148. The van der Waals surface area contributed by atoms with Crippen LogP contribution in [0.1, 0.15) is 25.3 Å². The molecule has 0 aliphatic carbocycles. The summed E-state index contributed by atoms with van der Waals surface area (Å²) in [5, 5.41) is 18.5. The number of amides is 1. The van der Waals surface area contributed by atoms with Crippen molar-refractivity contribution in [2.24, 2.45) is 5.41 Å². The van der Waals surface area contributed by atoms with Crippen LogP contribution in [0.5, 0.6) is 5.75 Å². The summed E-state index contributed by atoms with van der Waals surface area (Å²) >= 11 is 0. The number of likely N-dealkylation sites (tertiary alicyclic amines) is 1. The van der Waals surface area contributed by atoms with Crippen LogP contribution in [-0.4, -0.2) is 40.1 Å². The van der Waals surface area contributed by atoms with Crippen LogP contribution in [0.25, 0.3) is 6.08 Å². The number of benzene rings is 1. The Kier molecular flexibility index (Phi) is 4.31. The summed E-state index contributed by atoms with van der Waals surface area (Å²) in [4.78, 5) is 25.0. The molecule has 112 valence electrons. The number of hydrogen-bond donors (Lipinski definition) is 2. The van der Waals surface area contributed by atoms with Gasteiger partial charge in [0.1, 0.15) is 5.75 Å². The molecule has 1 aromatic rings. The summed E-state index contributed by atoms with van der Waals surface area (Å²) in [5.74, 6) is -0.838. The highest BCUT2D eigenvalue weighted by Crippen LogP contribution is 2.34. The molecular formula is C16H19NO4. The minimum Gasteiger partial charge on any atom is -0.508 e. The van der Waals surface area contributed by atoms with Crippen molar-refractivity contribution in [2.45, 2.75) is 19.8 Å². The molecule has 5 nitrogen and oxygen atoms in total. The molecule has 1 heterocycles. The van der Waals surface area contributed by atoms with E-state index >= 15 is 0 Å². The fourth-order valence-corrected chi connectivity index (χ4v) is 2.53. The SMILES string of the molecule is CCC1(C(=O)O)CCN(C(=O)C=Cc2ccc(O)cc2)C1. The standard InChI is InChI=1S/C16H19NO4/c1-2-16(15(20)21)9-10-17(11-16)14(19)8-5-12-3-6-13(18)7-4-12/h3-8,18H,2,9-11H2,1H3,(H,20,21). The van der Waals surface area contributed by atoms with Crippen molar-refractivity contribution >= 4 is 18.0 Å². The molecule has 1 amide bonds. The van der Waals surface area contributed by atoms with E-state index in [2.05, 4.69) is 0 Å². The normalized spacial score (nSPS) is 21.9. The number of phenols is 1.